The van der Waals surface area contributed by atoms with Crippen molar-refractivity contribution in [3.05, 3.63) is 53.7 Å². The van der Waals surface area contributed by atoms with Crippen LogP contribution in [0.2, 0.25) is 5.15 Å². The third-order valence-corrected chi connectivity index (χ3v) is 7.48. The molecular formula is C25H22ClFN6O2. The van der Waals surface area contributed by atoms with Gasteiger partial charge >= 0.3 is 5.97 Å². The van der Waals surface area contributed by atoms with Crippen LogP contribution in [-0.2, 0) is 4.79 Å². The summed E-state index contributed by atoms with van der Waals surface area (Å²) < 4.78 is 15.9. The highest BCUT2D eigenvalue weighted by Crippen LogP contribution is 2.46. The monoisotopic (exact) mass is 492 g/mol. The van der Waals surface area contributed by atoms with Gasteiger partial charge in [-0.2, -0.15) is 0 Å². The Morgan fingerprint density at radius 2 is 1.83 bits per heavy atom. The van der Waals surface area contributed by atoms with Crippen LogP contribution in [0.5, 0.6) is 0 Å². The molecule has 10 heteroatoms. The van der Waals surface area contributed by atoms with Crippen LogP contribution in [0.25, 0.3) is 33.8 Å². The Morgan fingerprint density at radius 3 is 2.57 bits per heavy atom. The molecule has 0 radical (unpaired) electrons. The Kier molecular flexibility index (Phi) is 5.36. The van der Waals surface area contributed by atoms with Gasteiger partial charge in [-0.1, -0.05) is 41.9 Å². The highest BCUT2D eigenvalue weighted by molar-refractivity contribution is 6.29. The molecule has 178 valence electrons. The Bertz CT molecular complexity index is 1420. The first-order chi connectivity index (χ1) is 17.0. The molecule has 3 aromatic heterocycles. The summed E-state index contributed by atoms with van der Waals surface area (Å²) in [7, 11) is 0. The Morgan fingerprint density at radius 1 is 1.09 bits per heavy atom. The van der Waals surface area contributed by atoms with Gasteiger partial charge in [0.25, 0.3) is 0 Å². The van der Waals surface area contributed by atoms with Crippen molar-refractivity contribution in [2.24, 2.45) is 17.8 Å². The van der Waals surface area contributed by atoms with E-state index in [4.69, 9.17) is 11.6 Å². The lowest BCUT2D eigenvalue weighted by atomic mass is 9.61. The number of nitrogens with zero attached hydrogens (tertiary/aromatic N) is 4. The van der Waals surface area contributed by atoms with Crippen molar-refractivity contribution in [1.82, 2.24) is 24.9 Å². The summed E-state index contributed by atoms with van der Waals surface area (Å²) in [5.41, 5.74) is 2.20. The molecule has 2 bridgehead atoms. The van der Waals surface area contributed by atoms with Crippen LogP contribution >= 0.6 is 11.6 Å². The van der Waals surface area contributed by atoms with Gasteiger partial charge in [-0.25, -0.2) is 24.3 Å². The number of fused-ring (bicyclic) bond motifs is 4. The molecule has 3 N–H and O–H groups in total. The van der Waals surface area contributed by atoms with Crippen molar-refractivity contribution >= 4 is 34.6 Å². The summed E-state index contributed by atoms with van der Waals surface area (Å²) >= 11 is 6.07. The van der Waals surface area contributed by atoms with Gasteiger partial charge < -0.3 is 15.4 Å². The largest absolute Gasteiger partial charge is 0.481 e. The zero-order chi connectivity index (χ0) is 24.1. The first kappa shape index (κ1) is 21.9. The summed E-state index contributed by atoms with van der Waals surface area (Å²) in [4.78, 5) is 32.8. The Hall–Kier alpha value is -3.59. The van der Waals surface area contributed by atoms with Gasteiger partial charge in [-0.05, 0) is 37.5 Å². The number of rotatable bonds is 5. The van der Waals surface area contributed by atoms with Crippen molar-refractivity contribution in [3.63, 3.8) is 0 Å². The van der Waals surface area contributed by atoms with Crippen molar-refractivity contribution < 1.29 is 14.3 Å². The maximum Gasteiger partial charge on any atom is 0.308 e. The number of aromatic amines is 1. The van der Waals surface area contributed by atoms with Gasteiger partial charge in [-0.15, -0.1) is 0 Å². The van der Waals surface area contributed by atoms with E-state index in [1.807, 2.05) is 6.07 Å². The summed E-state index contributed by atoms with van der Waals surface area (Å²) in [6.45, 7) is 0. The molecule has 0 spiro atoms. The zero-order valence-corrected chi connectivity index (χ0v) is 19.3. The van der Waals surface area contributed by atoms with Crippen LogP contribution in [0, 0.1) is 23.6 Å². The number of hydrogen-bond donors (Lipinski definition) is 3. The summed E-state index contributed by atoms with van der Waals surface area (Å²) in [5.74, 6) is -1.59. The molecule has 35 heavy (non-hydrogen) atoms. The smallest absolute Gasteiger partial charge is 0.308 e. The van der Waals surface area contributed by atoms with Gasteiger partial charge in [0.2, 0.25) is 0 Å². The van der Waals surface area contributed by atoms with Crippen molar-refractivity contribution in [2.75, 3.05) is 5.32 Å². The van der Waals surface area contributed by atoms with E-state index in [0.29, 0.717) is 22.3 Å². The van der Waals surface area contributed by atoms with E-state index in [1.54, 1.807) is 30.5 Å². The van der Waals surface area contributed by atoms with Gasteiger partial charge in [0.15, 0.2) is 23.1 Å². The minimum Gasteiger partial charge on any atom is -0.481 e. The zero-order valence-electron chi connectivity index (χ0n) is 18.6. The molecular weight excluding hydrogens is 471 g/mol. The minimum atomic E-state index is -0.851. The number of carboxylic acids is 1. The predicted octanol–water partition coefficient (Wildman–Crippen LogP) is 5.18. The van der Waals surface area contributed by atoms with E-state index in [2.05, 4.69) is 30.2 Å². The Balaban J connectivity index is 1.50. The molecule has 3 heterocycles. The van der Waals surface area contributed by atoms with Crippen LogP contribution in [0.4, 0.5) is 10.2 Å². The molecule has 8 nitrogen and oxygen atoms in total. The van der Waals surface area contributed by atoms with Gasteiger partial charge in [0.05, 0.1) is 17.7 Å². The minimum absolute atomic E-state index is 0.0120. The molecule has 3 saturated carbocycles. The molecule has 0 amide bonds. The third kappa shape index (κ3) is 3.80. The summed E-state index contributed by atoms with van der Waals surface area (Å²) in [6, 6.07) is 8.59. The van der Waals surface area contributed by atoms with Crippen LogP contribution in [0.15, 0.2) is 42.7 Å². The molecule has 3 aliphatic rings. The summed E-state index contributed by atoms with van der Waals surface area (Å²) in [6.07, 6.45) is 6.72. The second-order valence-corrected chi connectivity index (χ2v) is 9.61. The fourth-order valence-corrected chi connectivity index (χ4v) is 5.79. The second-order valence-electron chi connectivity index (χ2n) is 9.23. The predicted molar refractivity (Wildman–Crippen MR) is 129 cm³/mol. The lowest BCUT2D eigenvalue weighted by Gasteiger charge is -2.47. The maximum atomic E-state index is 15.9. The standard InChI is InChI=1S/C25H22ClFN6O2/c26-16-11-29-24-21(30-16)15(10-28-24)22-32-20(13-4-2-1-3-5-13)18(27)23(33-22)31-19-14-8-6-12(7-9-14)17(19)25(34)35/h1-5,10-12,14,17,19H,6-9H2,(H,28,29)(H,34,35)(H,31,32,33)/t12?,14?,17-,19-/m0/s1. The maximum absolute atomic E-state index is 15.9. The SMILES string of the molecule is O=C(O)[C@H]1C2CCC(CC2)[C@@H]1Nc1nc(-c2c[nH]c3ncc(Cl)nc23)nc(-c2ccccc2)c1F. The molecule has 3 fully saturated rings. The average Bonchev–Trinajstić information content (AvgIpc) is 3.29. The average molecular weight is 493 g/mol. The van der Waals surface area contributed by atoms with Crippen LogP contribution < -0.4 is 5.32 Å². The third-order valence-electron chi connectivity index (χ3n) is 7.30. The molecule has 1 aromatic carbocycles. The number of H-pyrrole nitrogens is 1. The number of aromatic nitrogens is 5. The number of anilines is 1. The van der Waals surface area contributed by atoms with Gasteiger partial charge in [0, 0.05) is 17.8 Å². The van der Waals surface area contributed by atoms with Crippen molar-refractivity contribution in [1.29, 1.82) is 0 Å². The second kappa shape index (κ2) is 8.57. The molecule has 0 aliphatic heterocycles. The lowest BCUT2D eigenvalue weighted by Crippen LogP contribution is -2.51. The number of benzene rings is 1. The normalized spacial score (nSPS) is 23.5. The molecule has 0 unspecified atom stereocenters. The number of aliphatic carboxylic acids is 1. The first-order valence-electron chi connectivity index (χ1n) is 11.6. The van der Waals surface area contributed by atoms with Crippen LogP contribution in [-0.4, -0.2) is 42.0 Å². The van der Waals surface area contributed by atoms with Gasteiger partial charge in [0.1, 0.15) is 16.4 Å². The highest BCUT2D eigenvalue weighted by Gasteiger charge is 2.47. The van der Waals surface area contributed by atoms with E-state index < -0.39 is 23.7 Å². The van der Waals surface area contributed by atoms with E-state index in [0.717, 1.165) is 25.7 Å². The highest BCUT2D eigenvalue weighted by atomic mass is 35.5. The first-order valence-corrected chi connectivity index (χ1v) is 12.0. The van der Waals surface area contributed by atoms with E-state index in [1.165, 1.54) is 6.20 Å². The van der Waals surface area contributed by atoms with E-state index in [9.17, 15) is 9.90 Å². The molecule has 2 atom stereocenters. The molecule has 3 aliphatic carbocycles. The van der Waals surface area contributed by atoms with Crippen LogP contribution in [0.1, 0.15) is 25.7 Å². The topological polar surface area (TPSA) is 117 Å². The molecule has 4 aromatic rings. The lowest BCUT2D eigenvalue weighted by molar-refractivity contribution is -0.148. The summed E-state index contributed by atoms with van der Waals surface area (Å²) in [5, 5.41) is 13.4. The van der Waals surface area contributed by atoms with Crippen molar-refractivity contribution in [3.8, 4) is 22.6 Å². The Labute approximate surface area is 205 Å². The van der Waals surface area contributed by atoms with E-state index >= 15 is 4.39 Å². The number of carboxylic acid groups (broad SMARTS) is 1. The van der Waals surface area contributed by atoms with Gasteiger partial charge in [-0.3, -0.25) is 4.79 Å². The number of carbonyl (C=O) groups is 1. The van der Waals surface area contributed by atoms with E-state index in [-0.39, 0.29) is 34.3 Å². The quantitative estimate of drug-likeness (QED) is 0.351. The number of nitrogens with one attached hydrogen (secondary N) is 2. The van der Waals surface area contributed by atoms with Crippen molar-refractivity contribution in [2.45, 2.75) is 31.7 Å². The fraction of sp³-hybridized carbons (Fsp3) is 0.320. The number of halogens is 2. The van der Waals surface area contributed by atoms with Crippen LogP contribution in [0.3, 0.4) is 0 Å². The fourth-order valence-electron chi connectivity index (χ4n) is 5.66. The molecule has 7 rings (SSSR count). The molecule has 0 saturated heterocycles. The number of hydrogen-bond acceptors (Lipinski definition) is 6.